The number of nitrogens with zero attached hydrogens (tertiary/aromatic N) is 1. The van der Waals surface area contributed by atoms with Crippen LogP contribution in [0.4, 0.5) is 5.69 Å². The lowest BCUT2D eigenvalue weighted by Gasteiger charge is -2.29. The van der Waals surface area contributed by atoms with Crippen molar-refractivity contribution in [1.29, 1.82) is 0 Å². The number of aliphatic carboxylic acids is 1. The van der Waals surface area contributed by atoms with Gasteiger partial charge in [-0.15, -0.1) is 0 Å². The first-order chi connectivity index (χ1) is 8.68. The van der Waals surface area contributed by atoms with E-state index in [9.17, 15) is 9.59 Å². The van der Waals surface area contributed by atoms with E-state index < -0.39 is 12.6 Å². The number of hydrogen-bond donors (Lipinski definition) is 1. The van der Waals surface area contributed by atoms with Crippen LogP contribution in [0, 0.1) is 0 Å². The molecule has 0 aliphatic carbocycles. The van der Waals surface area contributed by atoms with Gasteiger partial charge in [0.1, 0.15) is 25.6 Å². The number of rotatable bonds is 4. The van der Waals surface area contributed by atoms with Gasteiger partial charge in [-0.3, -0.25) is 4.79 Å². The third-order valence-electron chi connectivity index (χ3n) is 2.48. The first-order valence-electron chi connectivity index (χ1n) is 5.50. The molecule has 2 rings (SSSR count). The van der Waals surface area contributed by atoms with Gasteiger partial charge in [0, 0.05) is 0 Å². The van der Waals surface area contributed by atoms with Gasteiger partial charge in [-0.1, -0.05) is 12.1 Å². The summed E-state index contributed by atoms with van der Waals surface area (Å²) in [4.78, 5) is 23.7. The molecule has 1 N–H and O–H groups in total. The lowest BCUT2D eigenvalue weighted by molar-refractivity contribution is -0.143. The fourth-order valence-corrected chi connectivity index (χ4v) is 1.73. The van der Waals surface area contributed by atoms with Gasteiger partial charge in [-0.25, -0.2) is 4.79 Å². The maximum absolute atomic E-state index is 11.9. The second-order valence-electron chi connectivity index (χ2n) is 3.75. The number of amides is 1. The molecule has 1 aromatic rings. The highest BCUT2D eigenvalue weighted by Gasteiger charge is 2.23. The topological polar surface area (TPSA) is 76.1 Å². The summed E-state index contributed by atoms with van der Waals surface area (Å²) in [6.07, 6.45) is 0. The summed E-state index contributed by atoms with van der Waals surface area (Å²) in [5, 5.41) is 8.42. The number of para-hydroxylation sites is 2. The Morgan fingerprint density at radius 1 is 1.33 bits per heavy atom. The van der Waals surface area contributed by atoms with Gasteiger partial charge in [0.25, 0.3) is 5.91 Å². The number of benzene rings is 1. The number of anilines is 1. The highest BCUT2D eigenvalue weighted by atomic mass is 16.5. The van der Waals surface area contributed by atoms with E-state index in [0.29, 0.717) is 24.6 Å². The predicted octanol–water partition coefficient (Wildman–Crippen LogP) is 0.513. The number of hydrogen-bond acceptors (Lipinski definition) is 4. The second-order valence-corrected chi connectivity index (χ2v) is 3.75. The van der Waals surface area contributed by atoms with Crippen LogP contribution in [-0.2, 0) is 14.3 Å². The summed E-state index contributed by atoms with van der Waals surface area (Å²) in [5.74, 6) is -0.715. The Hall–Kier alpha value is -2.08. The van der Waals surface area contributed by atoms with Crippen LogP contribution in [-0.4, -0.2) is 43.3 Å². The van der Waals surface area contributed by atoms with Crippen LogP contribution >= 0.6 is 0 Å². The van der Waals surface area contributed by atoms with Gasteiger partial charge in [-0.05, 0) is 12.1 Å². The minimum Gasteiger partial charge on any atom is -0.490 e. The normalized spacial score (nSPS) is 13.7. The Morgan fingerprint density at radius 3 is 2.89 bits per heavy atom. The minimum atomic E-state index is -1.09. The van der Waals surface area contributed by atoms with Crippen molar-refractivity contribution in [3.8, 4) is 5.75 Å². The van der Waals surface area contributed by atoms with Crippen molar-refractivity contribution in [3.63, 3.8) is 0 Å². The van der Waals surface area contributed by atoms with Crippen LogP contribution in [0.1, 0.15) is 0 Å². The molecule has 0 aromatic heterocycles. The predicted molar refractivity (Wildman–Crippen MR) is 62.7 cm³/mol. The van der Waals surface area contributed by atoms with Crippen LogP contribution in [0.2, 0.25) is 0 Å². The zero-order chi connectivity index (χ0) is 13.0. The smallest absolute Gasteiger partial charge is 0.329 e. The maximum Gasteiger partial charge on any atom is 0.329 e. The molecule has 6 heteroatoms. The van der Waals surface area contributed by atoms with E-state index in [1.807, 2.05) is 12.1 Å². The second kappa shape index (κ2) is 5.50. The Balaban J connectivity index is 2.01. The number of fused-ring (bicyclic) bond motifs is 1. The minimum absolute atomic E-state index is 0.249. The van der Waals surface area contributed by atoms with Crippen LogP contribution < -0.4 is 9.64 Å². The molecule has 0 fully saturated rings. The van der Waals surface area contributed by atoms with Crippen molar-refractivity contribution in [1.82, 2.24) is 0 Å². The fraction of sp³-hybridized carbons (Fsp3) is 0.333. The Kier molecular flexibility index (Phi) is 3.78. The molecule has 0 radical (unpaired) electrons. The third kappa shape index (κ3) is 2.78. The van der Waals surface area contributed by atoms with Crippen molar-refractivity contribution < 1.29 is 24.2 Å². The molecule has 0 unspecified atom stereocenters. The number of carbonyl (C=O) groups excluding carboxylic acids is 1. The zero-order valence-electron chi connectivity index (χ0n) is 9.67. The molecule has 0 saturated carbocycles. The molecule has 6 nitrogen and oxygen atoms in total. The lowest BCUT2D eigenvalue weighted by Crippen LogP contribution is -2.40. The quantitative estimate of drug-likeness (QED) is 0.844. The molecular weight excluding hydrogens is 238 g/mol. The van der Waals surface area contributed by atoms with Crippen LogP contribution in [0.5, 0.6) is 5.75 Å². The van der Waals surface area contributed by atoms with E-state index in [4.69, 9.17) is 14.6 Å². The van der Waals surface area contributed by atoms with Crippen molar-refractivity contribution in [2.75, 3.05) is 31.3 Å². The van der Waals surface area contributed by atoms with Crippen molar-refractivity contribution >= 4 is 17.6 Å². The molecule has 0 saturated heterocycles. The Bertz CT molecular complexity index is 460. The highest BCUT2D eigenvalue weighted by Crippen LogP contribution is 2.30. The number of carbonyl (C=O) groups is 2. The van der Waals surface area contributed by atoms with Crippen molar-refractivity contribution in [2.45, 2.75) is 0 Å². The van der Waals surface area contributed by atoms with Gasteiger partial charge in [0.15, 0.2) is 0 Å². The molecular formula is C12H13NO5. The van der Waals surface area contributed by atoms with Crippen LogP contribution in [0.25, 0.3) is 0 Å². The summed E-state index contributed by atoms with van der Waals surface area (Å²) in [6, 6.07) is 7.20. The summed E-state index contributed by atoms with van der Waals surface area (Å²) < 4.78 is 10.2. The molecule has 1 aliphatic rings. The number of carboxylic acids is 1. The van der Waals surface area contributed by atoms with E-state index in [1.165, 1.54) is 0 Å². The number of ether oxygens (including phenoxy) is 2. The molecule has 18 heavy (non-hydrogen) atoms. The SMILES string of the molecule is O=C(O)COCC(=O)N1CCOc2ccccc21. The molecule has 0 bridgehead atoms. The van der Waals surface area contributed by atoms with Gasteiger partial charge in [0.2, 0.25) is 0 Å². The van der Waals surface area contributed by atoms with Gasteiger partial charge in [0.05, 0.1) is 12.2 Å². The first kappa shape index (κ1) is 12.4. The summed E-state index contributed by atoms with van der Waals surface area (Å²) in [5.41, 5.74) is 0.688. The Morgan fingerprint density at radius 2 is 2.11 bits per heavy atom. The molecule has 1 aromatic carbocycles. The van der Waals surface area contributed by atoms with Gasteiger partial charge >= 0.3 is 5.97 Å². The zero-order valence-corrected chi connectivity index (χ0v) is 9.67. The monoisotopic (exact) mass is 251 g/mol. The van der Waals surface area contributed by atoms with E-state index in [1.54, 1.807) is 17.0 Å². The lowest BCUT2D eigenvalue weighted by atomic mass is 10.2. The third-order valence-corrected chi connectivity index (χ3v) is 2.48. The standard InChI is InChI=1S/C12H13NO5/c14-11(7-17-8-12(15)16)13-5-6-18-10-4-2-1-3-9(10)13/h1-4H,5-8H2,(H,15,16). The molecule has 0 spiro atoms. The first-order valence-corrected chi connectivity index (χ1v) is 5.50. The molecule has 0 atom stereocenters. The maximum atomic E-state index is 11.9. The van der Waals surface area contributed by atoms with E-state index in [-0.39, 0.29) is 12.5 Å². The average molecular weight is 251 g/mol. The fourth-order valence-electron chi connectivity index (χ4n) is 1.73. The number of carboxylic acid groups (broad SMARTS) is 1. The summed E-state index contributed by atoms with van der Waals surface area (Å²) in [6.45, 7) is 0.131. The summed E-state index contributed by atoms with van der Waals surface area (Å²) in [7, 11) is 0. The average Bonchev–Trinajstić information content (AvgIpc) is 2.37. The van der Waals surface area contributed by atoms with Crippen molar-refractivity contribution in [2.24, 2.45) is 0 Å². The van der Waals surface area contributed by atoms with Crippen LogP contribution in [0.15, 0.2) is 24.3 Å². The van der Waals surface area contributed by atoms with Gasteiger partial charge in [-0.2, -0.15) is 0 Å². The molecule has 1 aliphatic heterocycles. The van der Waals surface area contributed by atoms with E-state index >= 15 is 0 Å². The highest BCUT2D eigenvalue weighted by molar-refractivity contribution is 5.96. The van der Waals surface area contributed by atoms with E-state index in [0.717, 1.165) is 0 Å². The largest absolute Gasteiger partial charge is 0.490 e. The van der Waals surface area contributed by atoms with Gasteiger partial charge < -0.3 is 19.5 Å². The molecule has 96 valence electrons. The molecule has 1 heterocycles. The summed E-state index contributed by atoms with van der Waals surface area (Å²) >= 11 is 0. The van der Waals surface area contributed by atoms with E-state index in [2.05, 4.69) is 0 Å². The van der Waals surface area contributed by atoms with Crippen LogP contribution in [0.3, 0.4) is 0 Å². The Labute approximate surface area is 104 Å². The van der Waals surface area contributed by atoms with Crippen molar-refractivity contribution in [3.05, 3.63) is 24.3 Å². The molecule has 1 amide bonds.